The van der Waals surface area contributed by atoms with Crippen molar-refractivity contribution < 1.29 is 27.4 Å². The van der Waals surface area contributed by atoms with Crippen LogP contribution in [-0.2, 0) is 11.3 Å². The van der Waals surface area contributed by atoms with Gasteiger partial charge < -0.3 is 19.5 Å². The highest BCUT2D eigenvalue weighted by molar-refractivity contribution is 5.46. The normalized spacial score (nSPS) is 11.8. The Balaban J connectivity index is 2.68. The summed E-state index contributed by atoms with van der Waals surface area (Å²) in [5, 5.41) is 3.21. The summed E-state index contributed by atoms with van der Waals surface area (Å²) in [5.41, 5.74) is 0.790. The zero-order valence-electron chi connectivity index (χ0n) is 12.3. The maximum Gasteiger partial charge on any atom is 0.411 e. The molecule has 1 aromatic rings. The van der Waals surface area contributed by atoms with Gasteiger partial charge in [-0.2, -0.15) is 13.2 Å². The van der Waals surface area contributed by atoms with E-state index in [0.717, 1.165) is 5.56 Å². The Morgan fingerprint density at radius 3 is 2.52 bits per heavy atom. The van der Waals surface area contributed by atoms with Gasteiger partial charge in [0.05, 0.1) is 7.11 Å². The fourth-order valence-corrected chi connectivity index (χ4v) is 1.60. The number of rotatable bonds is 8. The first kappa shape index (κ1) is 17.6. The summed E-state index contributed by atoms with van der Waals surface area (Å²) in [7, 11) is 1.47. The molecule has 0 unspecified atom stereocenters. The molecule has 0 heterocycles. The SMILES string of the molecule is COc1cccc(CNC(C)C)c1OCOCC(F)(F)F. The van der Waals surface area contributed by atoms with Crippen molar-refractivity contribution in [1.82, 2.24) is 5.32 Å². The van der Waals surface area contributed by atoms with Crippen molar-refractivity contribution in [3.63, 3.8) is 0 Å². The predicted molar refractivity (Wildman–Crippen MR) is 72.5 cm³/mol. The first-order chi connectivity index (χ1) is 9.83. The largest absolute Gasteiger partial charge is 0.493 e. The molecule has 120 valence electrons. The molecular weight excluding hydrogens is 287 g/mol. The van der Waals surface area contributed by atoms with Crippen molar-refractivity contribution >= 4 is 0 Å². The number of hydrogen-bond donors (Lipinski definition) is 1. The summed E-state index contributed by atoms with van der Waals surface area (Å²) in [6.07, 6.45) is -4.37. The van der Waals surface area contributed by atoms with Crippen molar-refractivity contribution in [2.45, 2.75) is 32.6 Å². The predicted octanol–water partition coefficient (Wildman–Crippen LogP) is 3.11. The van der Waals surface area contributed by atoms with Gasteiger partial charge in [-0.15, -0.1) is 0 Å². The highest BCUT2D eigenvalue weighted by atomic mass is 19.4. The molecule has 0 amide bonds. The lowest BCUT2D eigenvalue weighted by Crippen LogP contribution is -2.23. The second-order valence-electron chi connectivity index (χ2n) is 4.71. The van der Waals surface area contributed by atoms with Gasteiger partial charge in [-0.3, -0.25) is 0 Å². The molecule has 0 bridgehead atoms. The van der Waals surface area contributed by atoms with E-state index in [1.807, 2.05) is 19.9 Å². The van der Waals surface area contributed by atoms with Crippen molar-refractivity contribution in [2.75, 3.05) is 20.5 Å². The zero-order chi connectivity index (χ0) is 15.9. The van der Waals surface area contributed by atoms with Crippen LogP contribution in [0.1, 0.15) is 19.4 Å². The molecule has 0 aromatic heterocycles. The Morgan fingerprint density at radius 2 is 1.95 bits per heavy atom. The number of ether oxygens (including phenoxy) is 3. The minimum atomic E-state index is -4.37. The standard InChI is InChI=1S/C14H20F3NO3/c1-10(2)18-7-11-5-4-6-12(19-3)13(11)21-9-20-8-14(15,16)17/h4-6,10,18H,7-9H2,1-3H3. The first-order valence-electron chi connectivity index (χ1n) is 6.50. The van der Waals surface area contributed by atoms with Gasteiger partial charge in [0, 0.05) is 18.2 Å². The molecular formula is C14H20F3NO3. The van der Waals surface area contributed by atoms with Gasteiger partial charge in [0.1, 0.15) is 6.61 Å². The smallest absolute Gasteiger partial charge is 0.411 e. The van der Waals surface area contributed by atoms with Gasteiger partial charge in [0.25, 0.3) is 0 Å². The summed E-state index contributed by atoms with van der Waals surface area (Å²) in [6.45, 7) is 2.67. The number of benzene rings is 1. The summed E-state index contributed by atoms with van der Waals surface area (Å²) >= 11 is 0. The van der Waals surface area contributed by atoms with Crippen LogP contribution in [0.2, 0.25) is 0 Å². The van der Waals surface area contributed by atoms with Gasteiger partial charge in [-0.1, -0.05) is 26.0 Å². The zero-order valence-corrected chi connectivity index (χ0v) is 12.3. The molecule has 21 heavy (non-hydrogen) atoms. The molecule has 0 aliphatic rings. The number of alkyl halides is 3. The lowest BCUT2D eigenvalue weighted by molar-refractivity contribution is -0.186. The van der Waals surface area contributed by atoms with Gasteiger partial charge in [-0.25, -0.2) is 0 Å². The Kier molecular flexibility index (Phi) is 6.77. The average Bonchev–Trinajstić information content (AvgIpc) is 2.40. The lowest BCUT2D eigenvalue weighted by atomic mass is 10.1. The van der Waals surface area contributed by atoms with E-state index in [1.165, 1.54) is 7.11 Å². The van der Waals surface area contributed by atoms with Crippen LogP contribution < -0.4 is 14.8 Å². The Morgan fingerprint density at radius 1 is 1.24 bits per heavy atom. The number of methoxy groups -OCH3 is 1. The van der Waals surface area contributed by atoms with E-state index in [0.29, 0.717) is 18.0 Å². The lowest BCUT2D eigenvalue weighted by Gasteiger charge is -2.17. The molecule has 0 spiro atoms. The second kappa shape index (κ2) is 8.09. The molecule has 7 heteroatoms. The average molecular weight is 307 g/mol. The Bertz CT molecular complexity index is 436. The Labute approximate surface area is 122 Å². The molecule has 0 atom stereocenters. The van der Waals surface area contributed by atoms with Crippen LogP contribution in [0.3, 0.4) is 0 Å². The van der Waals surface area contributed by atoms with Crippen molar-refractivity contribution in [1.29, 1.82) is 0 Å². The van der Waals surface area contributed by atoms with E-state index in [9.17, 15) is 13.2 Å². The number of para-hydroxylation sites is 1. The van der Waals surface area contributed by atoms with E-state index < -0.39 is 19.6 Å². The third kappa shape index (κ3) is 6.68. The molecule has 1 N–H and O–H groups in total. The number of hydrogen-bond acceptors (Lipinski definition) is 4. The topological polar surface area (TPSA) is 39.7 Å². The van der Waals surface area contributed by atoms with Gasteiger partial charge in [0.2, 0.25) is 0 Å². The molecule has 0 saturated heterocycles. The highest BCUT2D eigenvalue weighted by Crippen LogP contribution is 2.31. The molecule has 0 aliphatic carbocycles. The second-order valence-corrected chi connectivity index (χ2v) is 4.71. The van der Waals surface area contributed by atoms with E-state index >= 15 is 0 Å². The molecule has 0 aliphatic heterocycles. The number of halogens is 3. The van der Waals surface area contributed by atoms with Gasteiger partial charge >= 0.3 is 6.18 Å². The summed E-state index contributed by atoms with van der Waals surface area (Å²) in [4.78, 5) is 0. The van der Waals surface area contributed by atoms with Crippen LogP contribution in [0.25, 0.3) is 0 Å². The minimum absolute atomic E-state index is 0.269. The summed E-state index contributed by atoms with van der Waals surface area (Å²) in [6, 6.07) is 5.56. The molecule has 0 radical (unpaired) electrons. The summed E-state index contributed by atoms with van der Waals surface area (Å²) in [5.74, 6) is 0.837. The van der Waals surface area contributed by atoms with Crippen LogP contribution in [0, 0.1) is 0 Å². The Hall–Kier alpha value is -1.47. The minimum Gasteiger partial charge on any atom is -0.493 e. The van der Waals surface area contributed by atoms with E-state index in [4.69, 9.17) is 9.47 Å². The fourth-order valence-electron chi connectivity index (χ4n) is 1.60. The van der Waals surface area contributed by atoms with Crippen LogP contribution in [0.4, 0.5) is 13.2 Å². The van der Waals surface area contributed by atoms with E-state index in [1.54, 1.807) is 12.1 Å². The molecule has 4 nitrogen and oxygen atoms in total. The number of nitrogens with one attached hydrogen (secondary N) is 1. The maximum atomic E-state index is 12.0. The molecule has 1 aromatic carbocycles. The van der Waals surface area contributed by atoms with Crippen LogP contribution in [0.5, 0.6) is 11.5 Å². The molecule has 1 rings (SSSR count). The van der Waals surface area contributed by atoms with Gasteiger partial charge in [0.15, 0.2) is 18.3 Å². The third-order valence-corrected chi connectivity index (χ3v) is 2.53. The van der Waals surface area contributed by atoms with Crippen LogP contribution in [-0.4, -0.2) is 32.7 Å². The van der Waals surface area contributed by atoms with E-state index in [2.05, 4.69) is 10.1 Å². The van der Waals surface area contributed by atoms with Crippen LogP contribution in [0.15, 0.2) is 18.2 Å². The first-order valence-corrected chi connectivity index (χ1v) is 6.50. The van der Waals surface area contributed by atoms with E-state index in [-0.39, 0.29) is 6.04 Å². The highest BCUT2D eigenvalue weighted by Gasteiger charge is 2.27. The fraction of sp³-hybridized carbons (Fsp3) is 0.571. The molecule has 0 fully saturated rings. The quantitative estimate of drug-likeness (QED) is 0.592. The van der Waals surface area contributed by atoms with Crippen molar-refractivity contribution in [3.8, 4) is 11.5 Å². The monoisotopic (exact) mass is 307 g/mol. The van der Waals surface area contributed by atoms with Crippen molar-refractivity contribution in [2.24, 2.45) is 0 Å². The third-order valence-electron chi connectivity index (χ3n) is 2.53. The van der Waals surface area contributed by atoms with Crippen molar-refractivity contribution in [3.05, 3.63) is 23.8 Å². The van der Waals surface area contributed by atoms with Crippen LogP contribution >= 0.6 is 0 Å². The maximum absolute atomic E-state index is 12.0. The molecule has 0 saturated carbocycles. The van der Waals surface area contributed by atoms with Gasteiger partial charge in [-0.05, 0) is 6.07 Å². The summed E-state index contributed by atoms with van der Waals surface area (Å²) < 4.78 is 50.9.